The molecule has 0 aliphatic carbocycles. The van der Waals surface area contributed by atoms with Crippen molar-refractivity contribution in [3.63, 3.8) is 0 Å². The number of anilines is 1. The smallest absolute Gasteiger partial charge is 0.106 e. The molecular weight excluding hydrogens is 256 g/mol. The van der Waals surface area contributed by atoms with Crippen LogP contribution < -0.4 is 5.32 Å². The average Bonchev–Trinajstić information content (AvgIpc) is 2.80. The fourth-order valence-electron chi connectivity index (χ4n) is 1.59. The van der Waals surface area contributed by atoms with Gasteiger partial charge in [0, 0.05) is 13.2 Å². The van der Waals surface area contributed by atoms with Crippen LogP contribution in [0.1, 0.15) is 13.8 Å². The van der Waals surface area contributed by atoms with E-state index in [4.69, 9.17) is 16.3 Å². The Balaban J connectivity index is 2.34. The van der Waals surface area contributed by atoms with Crippen molar-refractivity contribution in [2.45, 2.75) is 26.0 Å². The molecule has 1 aromatic heterocycles. The molecule has 0 spiro atoms. The number of fused-ring (bicyclic) bond motifs is 1. The molecule has 0 saturated heterocycles. The third kappa shape index (κ3) is 2.54. The summed E-state index contributed by atoms with van der Waals surface area (Å²) in [6.07, 6.45) is 0.111. The summed E-state index contributed by atoms with van der Waals surface area (Å²) in [6.45, 7) is 4.09. The Labute approximate surface area is 110 Å². The summed E-state index contributed by atoms with van der Waals surface area (Å²) in [5.41, 5.74) is 3.65. The highest BCUT2D eigenvalue weighted by Crippen LogP contribution is 2.32. The highest BCUT2D eigenvalue weighted by atomic mass is 35.5. The highest BCUT2D eigenvalue weighted by molar-refractivity contribution is 7.16. The molecule has 2 atom stereocenters. The lowest BCUT2D eigenvalue weighted by atomic mass is 10.2. The molecule has 2 rings (SSSR count). The summed E-state index contributed by atoms with van der Waals surface area (Å²) in [6, 6.07) is 4.06. The van der Waals surface area contributed by atoms with Gasteiger partial charge in [-0.1, -0.05) is 11.6 Å². The molecule has 5 heteroatoms. The second-order valence-electron chi connectivity index (χ2n) is 4.00. The predicted molar refractivity (Wildman–Crippen MR) is 74.2 cm³/mol. The Bertz CT molecular complexity index is 514. The predicted octanol–water partition coefficient (Wildman–Crippen LogP) is 3.79. The summed E-state index contributed by atoms with van der Waals surface area (Å²) in [5, 5.41) is 4.07. The standard InChI is InChI=1S/C12H15ClN2OS/c1-7(8(2)16-3)15-11-9(13)4-5-10-12(11)14-6-17-10/h4-8,15H,1-3H3. The van der Waals surface area contributed by atoms with Crippen molar-refractivity contribution in [2.75, 3.05) is 12.4 Å². The summed E-state index contributed by atoms with van der Waals surface area (Å²) in [4.78, 5) is 4.35. The molecule has 2 aromatic rings. The summed E-state index contributed by atoms with van der Waals surface area (Å²) in [5.74, 6) is 0. The third-order valence-corrected chi connectivity index (χ3v) is 4.01. The number of benzene rings is 1. The van der Waals surface area contributed by atoms with Crippen LogP contribution in [0.2, 0.25) is 5.02 Å². The Hall–Kier alpha value is -0.840. The number of halogens is 1. The fourth-order valence-corrected chi connectivity index (χ4v) is 2.48. The van der Waals surface area contributed by atoms with Gasteiger partial charge in [-0.2, -0.15) is 0 Å². The number of nitrogens with zero attached hydrogens (tertiary/aromatic N) is 1. The van der Waals surface area contributed by atoms with E-state index in [0.717, 1.165) is 15.9 Å². The van der Waals surface area contributed by atoms with Crippen molar-refractivity contribution in [1.82, 2.24) is 4.98 Å². The Morgan fingerprint density at radius 1 is 1.41 bits per heavy atom. The molecular formula is C12H15ClN2OS. The van der Waals surface area contributed by atoms with Gasteiger partial charge in [0.25, 0.3) is 0 Å². The van der Waals surface area contributed by atoms with Crippen molar-refractivity contribution in [2.24, 2.45) is 0 Å². The van der Waals surface area contributed by atoms with E-state index in [-0.39, 0.29) is 12.1 Å². The largest absolute Gasteiger partial charge is 0.380 e. The molecule has 0 radical (unpaired) electrons. The minimum Gasteiger partial charge on any atom is -0.380 e. The first kappa shape index (κ1) is 12.6. The van der Waals surface area contributed by atoms with E-state index in [1.165, 1.54) is 0 Å². The van der Waals surface area contributed by atoms with Crippen LogP contribution in [-0.2, 0) is 4.74 Å². The normalized spacial score (nSPS) is 14.8. The maximum Gasteiger partial charge on any atom is 0.106 e. The SMILES string of the molecule is COC(C)C(C)Nc1c(Cl)ccc2scnc12. The number of nitrogens with one attached hydrogen (secondary N) is 1. The topological polar surface area (TPSA) is 34.1 Å². The van der Waals surface area contributed by atoms with Gasteiger partial charge in [0.05, 0.1) is 27.0 Å². The van der Waals surface area contributed by atoms with Crippen molar-refractivity contribution in [1.29, 1.82) is 0 Å². The zero-order chi connectivity index (χ0) is 12.4. The van der Waals surface area contributed by atoms with E-state index >= 15 is 0 Å². The Morgan fingerprint density at radius 2 is 2.18 bits per heavy atom. The lowest BCUT2D eigenvalue weighted by molar-refractivity contribution is 0.106. The molecule has 1 heterocycles. The molecule has 92 valence electrons. The number of rotatable bonds is 4. The highest BCUT2D eigenvalue weighted by Gasteiger charge is 2.15. The van der Waals surface area contributed by atoms with E-state index in [2.05, 4.69) is 17.2 Å². The summed E-state index contributed by atoms with van der Waals surface area (Å²) in [7, 11) is 1.70. The van der Waals surface area contributed by atoms with Crippen LogP contribution >= 0.6 is 22.9 Å². The van der Waals surface area contributed by atoms with Gasteiger partial charge in [-0.15, -0.1) is 11.3 Å². The molecule has 0 aliphatic heterocycles. The van der Waals surface area contributed by atoms with Gasteiger partial charge in [-0.3, -0.25) is 0 Å². The van der Waals surface area contributed by atoms with Crippen LogP contribution in [0.15, 0.2) is 17.6 Å². The van der Waals surface area contributed by atoms with E-state index in [1.54, 1.807) is 18.4 Å². The quantitative estimate of drug-likeness (QED) is 0.918. The van der Waals surface area contributed by atoms with Gasteiger partial charge in [-0.25, -0.2) is 4.98 Å². The number of aromatic nitrogens is 1. The van der Waals surface area contributed by atoms with Crippen LogP contribution in [0, 0.1) is 0 Å². The molecule has 0 saturated carbocycles. The van der Waals surface area contributed by atoms with Gasteiger partial charge in [0.2, 0.25) is 0 Å². The summed E-state index contributed by atoms with van der Waals surface area (Å²) >= 11 is 7.82. The fraction of sp³-hybridized carbons (Fsp3) is 0.417. The van der Waals surface area contributed by atoms with Crippen LogP contribution in [-0.4, -0.2) is 24.2 Å². The lowest BCUT2D eigenvalue weighted by Crippen LogP contribution is -2.29. The molecule has 0 aliphatic rings. The van der Waals surface area contributed by atoms with Crippen molar-refractivity contribution >= 4 is 38.8 Å². The molecule has 1 N–H and O–H groups in total. The van der Waals surface area contributed by atoms with Gasteiger partial charge in [0.15, 0.2) is 0 Å². The van der Waals surface area contributed by atoms with E-state index < -0.39 is 0 Å². The third-order valence-electron chi connectivity index (χ3n) is 2.90. The second kappa shape index (κ2) is 5.21. The van der Waals surface area contributed by atoms with E-state index in [0.29, 0.717) is 5.02 Å². The number of ether oxygens (including phenoxy) is 1. The monoisotopic (exact) mass is 270 g/mol. The average molecular weight is 271 g/mol. The molecule has 0 amide bonds. The van der Waals surface area contributed by atoms with Gasteiger partial charge < -0.3 is 10.1 Å². The van der Waals surface area contributed by atoms with Gasteiger partial charge in [0.1, 0.15) is 5.52 Å². The lowest BCUT2D eigenvalue weighted by Gasteiger charge is -2.21. The number of thiazole rings is 1. The van der Waals surface area contributed by atoms with Crippen molar-refractivity contribution < 1.29 is 4.74 Å². The molecule has 2 unspecified atom stereocenters. The molecule has 1 aromatic carbocycles. The second-order valence-corrected chi connectivity index (χ2v) is 5.29. The summed E-state index contributed by atoms with van der Waals surface area (Å²) < 4.78 is 6.43. The van der Waals surface area contributed by atoms with Crippen molar-refractivity contribution in [3.8, 4) is 0 Å². The maximum absolute atomic E-state index is 6.21. The Morgan fingerprint density at radius 3 is 2.88 bits per heavy atom. The maximum atomic E-state index is 6.21. The first-order valence-corrected chi connectivity index (χ1v) is 6.70. The van der Waals surface area contributed by atoms with Gasteiger partial charge in [-0.05, 0) is 26.0 Å². The number of methoxy groups -OCH3 is 1. The van der Waals surface area contributed by atoms with Crippen molar-refractivity contribution in [3.05, 3.63) is 22.7 Å². The van der Waals surface area contributed by atoms with Crippen LogP contribution in [0.3, 0.4) is 0 Å². The minimum absolute atomic E-state index is 0.111. The zero-order valence-electron chi connectivity index (χ0n) is 10.0. The van der Waals surface area contributed by atoms with Crippen LogP contribution in [0.25, 0.3) is 10.2 Å². The van der Waals surface area contributed by atoms with Crippen LogP contribution in [0.4, 0.5) is 5.69 Å². The Kier molecular flexibility index (Phi) is 3.86. The first-order valence-electron chi connectivity index (χ1n) is 5.44. The number of hydrogen-bond donors (Lipinski definition) is 1. The molecule has 0 bridgehead atoms. The zero-order valence-corrected chi connectivity index (χ0v) is 11.6. The van der Waals surface area contributed by atoms with Gasteiger partial charge >= 0.3 is 0 Å². The first-order chi connectivity index (χ1) is 8.13. The van der Waals surface area contributed by atoms with E-state index in [9.17, 15) is 0 Å². The minimum atomic E-state index is 0.111. The molecule has 3 nitrogen and oxygen atoms in total. The number of hydrogen-bond acceptors (Lipinski definition) is 4. The molecule has 0 fully saturated rings. The van der Waals surface area contributed by atoms with Crippen LogP contribution in [0.5, 0.6) is 0 Å². The van der Waals surface area contributed by atoms with E-state index in [1.807, 2.05) is 24.6 Å². The molecule has 17 heavy (non-hydrogen) atoms.